The maximum absolute atomic E-state index is 10.9. The van der Waals surface area contributed by atoms with Crippen molar-refractivity contribution in [1.82, 2.24) is 0 Å². The Kier molecular flexibility index (Phi) is 4.63. The number of benzene rings is 1. The summed E-state index contributed by atoms with van der Waals surface area (Å²) in [5, 5.41) is 4.97. The van der Waals surface area contributed by atoms with Crippen LogP contribution in [0.15, 0.2) is 23.1 Å². The first kappa shape index (κ1) is 13.5. The van der Waals surface area contributed by atoms with Crippen LogP contribution in [0.1, 0.15) is 0 Å². The molecule has 1 rings (SSSR count). The predicted molar refractivity (Wildman–Crippen MR) is 57.9 cm³/mol. The molecule has 0 atom stereocenters. The Labute approximate surface area is 92.8 Å². The fourth-order valence-electron chi connectivity index (χ4n) is 0.811. The van der Waals surface area contributed by atoms with Gasteiger partial charge in [-0.25, -0.2) is 13.6 Å². The zero-order chi connectivity index (χ0) is 10.1. The van der Waals surface area contributed by atoms with Crippen molar-refractivity contribution in [1.29, 1.82) is 0 Å². The topological polar surface area (TPSA) is 98.2 Å². The summed E-state index contributed by atoms with van der Waals surface area (Å²) in [6.45, 7) is 0. The Balaban J connectivity index is 0.00000169. The Hall–Kier alpha value is -0.530. The molecule has 0 aromatic heterocycles. The van der Waals surface area contributed by atoms with Gasteiger partial charge in [-0.05, 0) is 18.2 Å². The van der Waals surface area contributed by atoms with Gasteiger partial charge in [0.25, 0.3) is 0 Å². The molecule has 5 N–H and O–H groups in total. The standard InChI is InChI=1S/C6H8ClN3O2S.ClH/c7-5-2-1-4(10-8)3-6(5)13(9,11)12;/h1-3,10H,8H2,(H2,9,11,12);1H. The molecule has 0 radical (unpaired) electrons. The van der Waals surface area contributed by atoms with Crippen LogP contribution in [-0.2, 0) is 10.0 Å². The molecule has 5 nitrogen and oxygen atoms in total. The van der Waals surface area contributed by atoms with Crippen LogP contribution in [0.25, 0.3) is 0 Å². The van der Waals surface area contributed by atoms with Crippen LogP contribution >= 0.6 is 24.0 Å². The summed E-state index contributed by atoms with van der Waals surface area (Å²) in [6.07, 6.45) is 0. The zero-order valence-corrected chi connectivity index (χ0v) is 9.29. The molecule has 0 bridgehead atoms. The van der Waals surface area contributed by atoms with E-state index in [-0.39, 0.29) is 22.3 Å². The van der Waals surface area contributed by atoms with Gasteiger partial charge in [-0.3, -0.25) is 5.84 Å². The normalized spacial score (nSPS) is 10.5. The first-order valence-electron chi connectivity index (χ1n) is 3.24. The van der Waals surface area contributed by atoms with Gasteiger partial charge in [0, 0.05) is 5.69 Å². The minimum Gasteiger partial charge on any atom is -0.324 e. The molecular weight excluding hydrogens is 249 g/mol. The summed E-state index contributed by atoms with van der Waals surface area (Å²) >= 11 is 5.61. The number of rotatable bonds is 2. The van der Waals surface area contributed by atoms with Gasteiger partial charge in [-0.2, -0.15) is 0 Å². The summed E-state index contributed by atoms with van der Waals surface area (Å²) in [7, 11) is -3.79. The molecule has 8 heteroatoms. The highest BCUT2D eigenvalue weighted by Gasteiger charge is 2.12. The second-order valence-electron chi connectivity index (χ2n) is 2.33. The molecule has 0 saturated heterocycles. The molecule has 0 amide bonds. The third kappa shape index (κ3) is 3.00. The summed E-state index contributed by atoms with van der Waals surface area (Å²) in [6, 6.07) is 4.20. The van der Waals surface area contributed by atoms with Crippen LogP contribution in [0.3, 0.4) is 0 Å². The lowest BCUT2D eigenvalue weighted by atomic mass is 10.3. The van der Waals surface area contributed by atoms with E-state index < -0.39 is 10.0 Å². The number of nitrogens with two attached hydrogens (primary N) is 2. The molecule has 0 aliphatic carbocycles. The van der Waals surface area contributed by atoms with Crippen molar-refractivity contribution >= 4 is 39.7 Å². The second kappa shape index (κ2) is 4.81. The molecule has 0 spiro atoms. The average molecular weight is 258 g/mol. The maximum Gasteiger partial charge on any atom is 0.239 e. The number of nitrogen functional groups attached to an aromatic ring is 1. The summed E-state index contributed by atoms with van der Waals surface area (Å²) < 4.78 is 21.9. The molecule has 1 aromatic rings. The zero-order valence-electron chi connectivity index (χ0n) is 6.90. The lowest BCUT2D eigenvalue weighted by Gasteiger charge is -2.04. The lowest BCUT2D eigenvalue weighted by molar-refractivity contribution is 0.598. The van der Waals surface area contributed by atoms with E-state index in [0.717, 1.165) is 0 Å². The quantitative estimate of drug-likeness (QED) is 0.537. The second-order valence-corrected chi connectivity index (χ2v) is 4.27. The monoisotopic (exact) mass is 257 g/mol. The lowest BCUT2D eigenvalue weighted by Crippen LogP contribution is -2.14. The third-order valence-electron chi connectivity index (χ3n) is 1.40. The first-order valence-corrected chi connectivity index (χ1v) is 5.16. The molecule has 1 aromatic carbocycles. The Morgan fingerprint density at radius 2 is 1.93 bits per heavy atom. The molecule has 0 aliphatic rings. The van der Waals surface area contributed by atoms with E-state index in [0.29, 0.717) is 5.69 Å². The molecule has 0 aliphatic heterocycles. The van der Waals surface area contributed by atoms with Crippen molar-refractivity contribution in [2.24, 2.45) is 11.0 Å². The summed E-state index contributed by atoms with van der Waals surface area (Å²) in [4.78, 5) is -0.149. The minimum atomic E-state index is -3.79. The van der Waals surface area contributed by atoms with Gasteiger partial charge < -0.3 is 5.43 Å². The number of anilines is 1. The predicted octanol–water partition coefficient (Wildman–Crippen LogP) is 0.695. The van der Waals surface area contributed by atoms with Crippen molar-refractivity contribution in [3.63, 3.8) is 0 Å². The number of sulfonamides is 1. The van der Waals surface area contributed by atoms with Crippen molar-refractivity contribution in [2.45, 2.75) is 4.90 Å². The Morgan fingerprint density at radius 1 is 1.36 bits per heavy atom. The summed E-state index contributed by atoms with van der Waals surface area (Å²) in [5.41, 5.74) is 2.71. The number of hydrogen-bond acceptors (Lipinski definition) is 4. The van der Waals surface area contributed by atoms with E-state index in [4.69, 9.17) is 22.6 Å². The number of primary sulfonamides is 1. The molecule has 0 fully saturated rings. The SMILES string of the molecule is Cl.NNc1ccc(Cl)c(S(N)(=O)=O)c1. The Bertz CT molecular complexity index is 421. The van der Waals surface area contributed by atoms with Crippen molar-refractivity contribution in [2.75, 3.05) is 5.43 Å². The fourth-order valence-corrected chi connectivity index (χ4v) is 1.88. The molecule has 0 heterocycles. The van der Waals surface area contributed by atoms with Gasteiger partial charge in [0.05, 0.1) is 5.02 Å². The third-order valence-corrected chi connectivity index (χ3v) is 2.80. The molecule has 14 heavy (non-hydrogen) atoms. The minimum absolute atomic E-state index is 0. The van der Waals surface area contributed by atoms with E-state index in [2.05, 4.69) is 5.43 Å². The van der Waals surface area contributed by atoms with Gasteiger partial charge in [0.15, 0.2) is 0 Å². The molecular formula is C6H9Cl2N3O2S. The molecule has 80 valence electrons. The van der Waals surface area contributed by atoms with E-state index in [1.807, 2.05) is 0 Å². The van der Waals surface area contributed by atoms with E-state index in [9.17, 15) is 8.42 Å². The average Bonchev–Trinajstić information content (AvgIpc) is 2.03. The summed E-state index contributed by atoms with van der Waals surface area (Å²) in [5.74, 6) is 5.08. The number of hydrazine groups is 1. The van der Waals surface area contributed by atoms with Crippen LogP contribution in [-0.4, -0.2) is 8.42 Å². The number of halogens is 2. The fraction of sp³-hybridized carbons (Fsp3) is 0. The van der Waals surface area contributed by atoms with Crippen LogP contribution in [0.4, 0.5) is 5.69 Å². The molecule has 0 saturated carbocycles. The smallest absolute Gasteiger partial charge is 0.239 e. The van der Waals surface area contributed by atoms with Crippen molar-refractivity contribution in [3.8, 4) is 0 Å². The number of nitrogens with one attached hydrogen (secondary N) is 1. The van der Waals surface area contributed by atoms with E-state index in [1.165, 1.54) is 18.2 Å². The van der Waals surface area contributed by atoms with Gasteiger partial charge >= 0.3 is 0 Å². The van der Waals surface area contributed by atoms with Crippen LogP contribution in [0.2, 0.25) is 5.02 Å². The van der Waals surface area contributed by atoms with Crippen LogP contribution < -0.4 is 16.4 Å². The highest BCUT2D eigenvalue weighted by atomic mass is 35.5. The Morgan fingerprint density at radius 3 is 2.36 bits per heavy atom. The van der Waals surface area contributed by atoms with Crippen molar-refractivity contribution < 1.29 is 8.42 Å². The first-order chi connectivity index (χ1) is 5.95. The van der Waals surface area contributed by atoms with Gasteiger partial charge in [0.2, 0.25) is 10.0 Å². The van der Waals surface area contributed by atoms with Gasteiger partial charge in [-0.15, -0.1) is 12.4 Å². The largest absolute Gasteiger partial charge is 0.324 e. The van der Waals surface area contributed by atoms with Crippen LogP contribution in [0, 0.1) is 0 Å². The van der Waals surface area contributed by atoms with E-state index in [1.54, 1.807) is 0 Å². The molecule has 0 unspecified atom stereocenters. The van der Waals surface area contributed by atoms with Gasteiger partial charge in [-0.1, -0.05) is 11.6 Å². The van der Waals surface area contributed by atoms with Gasteiger partial charge in [0.1, 0.15) is 4.90 Å². The highest BCUT2D eigenvalue weighted by molar-refractivity contribution is 7.89. The van der Waals surface area contributed by atoms with Crippen molar-refractivity contribution in [3.05, 3.63) is 23.2 Å². The van der Waals surface area contributed by atoms with Crippen LogP contribution in [0.5, 0.6) is 0 Å². The maximum atomic E-state index is 10.9. The highest BCUT2D eigenvalue weighted by Crippen LogP contribution is 2.23. The van der Waals surface area contributed by atoms with E-state index >= 15 is 0 Å². The number of hydrogen-bond donors (Lipinski definition) is 3.